The topological polar surface area (TPSA) is 99.0 Å². The van der Waals surface area contributed by atoms with Gasteiger partial charge in [-0.25, -0.2) is 18.5 Å². The van der Waals surface area contributed by atoms with Gasteiger partial charge in [0.2, 0.25) is 5.91 Å². The minimum absolute atomic E-state index is 0.0330. The van der Waals surface area contributed by atoms with Gasteiger partial charge in [0.25, 0.3) is 0 Å². The van der Waals surface area contributed by atoms with Crippen LogP contribution in [0, 0.1) is 5.82 Å². The van der Waals surface area contributed by atoms with Crippen LogP contribution in [-0.2, 0) is 38.3 Å². The van der Waals surface area contributed by atoms with Crippen molar-refractivity contribution in [2.45, 2.75) is 58.1 Å². The average Bonchev–Trinajstić information content (AvgIpc) is 3.12. The summed E-state index contributed by atoms with van der Waals surface area (Å²) < 4.78 is 26.3. The van der Waals surface area contributed by atoms with Gasteiger partial charge in [-0.3, -0.25) is 9.79 Å². The van der Waals surface area contributed by atoms with E-state index in [0.717, 1.165) is 5.39 Å². The SMILES string of the molecule is COC(=O)C1Cc2cc(F)cc(c2)N=CCCc2c(c3ccccc3n2C(=O)OC(C)(C)C)CC(=O)N1. The number of rotatable bonds is 1. The third-order valence-electron chi connectivity index (χ3n) is 5.96. The van der Waals surface area contributed by atoms with E-state index in [1.54, 1.807) is 39.1 Å². The standard InChI is InChI=1S/C28H30FN3O5/c1-28(2,3)37-27(35)32-23-9-6-5-8-20(23)21-16-25(33)31-22(26(34)36-4)14-17-12-18(29)15-19(13-17)30-11-7-10-24(21)32/h5-6,8-9,11-13,15,22H,7,10,14,16H2,1-4H3,(H,31,33). The summed E-state index contributed by atoms with van der Waals surface area (Å²) in [4.78, 5) is 43.4. The number of amides is 1. The van der Waals surface area contributed by atoms with Crippen LogP contribution in [0.2, 0.25) is 0 Å². The molecule has 37 heavy (non-hydrogen) atoms. The van der Waals surface area contributed by atoms with Crippen molar-refractivity contribution in [3.05, 3.63) is 65.1 Å². The normalized spacial score (nSPS) is 16.5. The van der Waals surface area contributed by atoms with Gasteiger partial charge in [0.15, 0.2) is 0 Å². The number of nitrogens with one attached hydrogen (secondary N) is 1. The minimum Gasteiger partial charge on any atom is -0.467 e. The molecule has 4 rings (SSSR count). The van der Waals surface area contributed by atoms with Gasteiger partial charge in [-0.05, 0) is 69.0 Å². The van der Waals surface area contributed by atoms with Gasteiger partial charge in [0.1, 0.15) is 17.5 Å². The number of aliphatic imine (C=N–C) groups is 1. The van der Waals surface area contributed by atoms with Crippen LogP contribution in [0.25, 0.3) is 10.9 Å². The lowest BCUT2D eigenvalue weighted by atomic mass is 10.0. The summed E-state index contributed by atoms with van der Waals surface area (Å²) in [5.41, 5.74) is 2.06. The molecule has 1 aliphatic rings. The van der Waals surface area contributed by atoms with Crippen molar-refractivity contribution in [3.63, 3.8) is 0 Å². The van der Waals surface area contributed by atoms with Gasteiger partial charge in [0, 0.05) is 23.7 Å². The Balaban J connectivity index is 1.84. The van der Waals surface area contributed by atoms with Crippen molar-refractivity contribution in [3.8, 4) is 0 Å². The van der Waals surface area contributed by atoms with E-state index in [2.05, 4.69) is 10.3 Å². The van der Waals surface area contributed by atoms with Gasteiger partial charge in [-0.1, -0.05) is 18.2 Å². The molecule has 194 valence electrons. The van der Waals surface area contributed by atoms with Crippen molar-refractivity contribution >= 4 is 40.8 Å². The number of ether oxygens (including phenoxy) is 2. The molecule has 0 radical (unpaired) electrons. The predicted molar refractivity (Wildman–Crippen MR) is 138 cm³/mol. The van der Waals surface area contributed by atoms with Gasteiger partial charge >= 0.3 is 12.1 Å². The summed E-state index contributed by atoms with van der Waals surface area (Å²) in [6, 6.07) is 10.5. The first-order valence-electron chi connectivity index (χ1n) is 12.1. The number of carbonyl (C=O) groups is 3. The summed E-state index contributed by atoms with van der Waals surface area (Å²) in [6.45, 7) is 5.36. The highest BCUT2D eigenvalue weighted by Gasteiger charge is 2.28. The number of benzene rings is 2. The van der Waals surface area contributed by atoms with Crippen molar-refractivity contribution < 1.29 is 28.2 Å². The number of halogens is 1. The summed E-state index contributed by atoms with van der Waals surface area (Å²) in [5.74, 6) is -1.57. The molecule has 1 aromatic heterocycles. The fourth-order valence-corrected chi connectivity index (χ4v) is 4.51. The van der Waals surface area contributed by atoms with E-state index in [9.17, 15) is 18.8 Å². The third kappa shape index (κ3) is 6.04. The molecule has 8 nitrogen and oxygen atoms in total. The molecule has 1 atom stereocenters. The Kier molecular flexibility index (Phi) is 7.42. The van der Waals surface area contributed by atoms with Crippen LogP contribution in [0.1, 0.15) is 44.0 Å². The van der Waals surface area contributed by atoms with Crippen LogP contribution in [0.3, 0.4) is 0 Å². The summed E-state index contributed by atoms with van der Waals surface area (Å²) in [7, 11) is 1.23. The van der Waals surface area contributed by atoms with Crippen LogP contribution in [0.15, 0.2) is 47.5 Å². The first-order chi connectivity index (χ1) is 17.6. The zero-order valence-corrected chi connectivity index (χ0v) is 21.3. The molecule has 9 heteroatoms. The smallest absolute Gasteiger partial charge is 0.419 e. The van der Waals surface area contributed by atoms with Gasteiger partial charge in [-0.2, -0.15) is 0 Å². The molecular formula is C28H30FN3O5. The van der Waals surface area contributed by atoms with E-state index in [0.29, 0.717) is 40.9 Å². The minimum atomic E-state index is -1.03. The second-order valence-corrected chi connectivity index (χ2v) is 9.95. The zero-order valence-electron chi connectivity index (χ0n) is 21.3. The molecule has 0 aliphatic carbocycles. The van der Waals surface area contributed by atoms with Gasteiger partial charge in [0.05, 0.1) is 24.7 Å². The van der Waals surface area contributed by atoms with Gasteiger partial charge in [-0.15, -0.1) is 0 Å². The number of methoxy groups -OCH3 is 1. The van der Waals surface area contributed by atoms with Crippen molar-refractivity contribution in [1.82, 2.24) is 9.88 Å². The maximum absolute atomic E-state index is 14.3. The van der Waals surface area contributed by atoms with Crippen LogP contribution >= 0.6 is 0 Å². The number of carbonyl (C=O) groups excluding carboxylic acids is 3. The molecule has 1 unspecified atom stereocenters. The number of nitrogens with zero attached hydrogens (tertiary/aromatic N) is 2. The lowest BCUT2D eigenvalue weighted by Gasteiger charge is -2.21. The highest BCUT2D eigenvalue weighted by Crippen LogP contribution is 2.29. The first kappa shape index (κ1) is 26.1. The van der Waals surface area contributed by atoms with Crippen LogP contribution in [0.4, 0.5) is 14.9 Å². The molecule has 0 saturated carbocycles. The molecule has 0 saturated heterocycles. The Morgan fingerprint density at radius 2 is 1.92 bits per heavy atom. The molecule has 2 aromatic carbocycles. The molecule has 3 aromatic rings. The second kappa shape index (κ2) is 10.5. The van der Waals surface area contributed by atoms with Crippen LogP contribution in [-0.4, -0.2) is 47.5 Å². The highest BCUT2D eigenvalue weighted by atomic mass is 19.1. The summed E-state index contributed by atoms with van der Waals surface area (Å²) in [6.07, 6.45) is 1.87. The predicted octanol–water partition coefficient (Wildman–Crippen LogP) is 4.66. The lowest BCUT2D eigenvalue weighted by Crippen LogP contribution is -2.43. The molecule has 2 heterocycles. The molecule has 1 N–H and O–H groups in total. The molecule has 1 aliphatic heterocycles. The number of para-hydroxylation sites is 1. The van der Waals surface area contributed by atoms with Crippen molar-refractivity contribution in [2.24, 2.45) is 4.99 Å². The Labute approximate surface area is 214 Å². The Bertz CT molecular complexity index is 1390. The molecule has 0 spiro atoms. The number of aromatic nitrogens is 1. The quantitative estimate of drug-likeness (QED) is 0.483. The lowest BCUT2D eigenvalue weighted by molar-refractivity contribution is -0.145. The van der Waals surface area contributed by atoms with Gasteiger partial charge < -0.3 is 14.8 Å². The van der Waals surface area contributed by atoms with E-state index >= 15 is 0 Å². The van der Waals surface area contributed by atoms with E-state index < -0.39 is 35.4 Å². The van der Waals surface area contributed by atoms with Crippen LogP contribution in [0.5, 0.6) is 0 Å². The molecular weight excluding hydrogens is 477 g/mol. The molecule has 2 bridgehead atoms. The fraction of sp³-hybridized carbons (Fsp3) is 0.357. The second-order valence-electron chi connectivity index (χ2n) is 9.95. The average molecular weight is 508 g/mol. The number of fused-ring (bicyclic) bond motifs is 5. The summed E-state index contributed by atoms with van der Waals surface area (Å²) >= 11 is 0. The number of hydrogen-bond donors (Lipinski definition) is 1. The van der Waals surface area contributed by atoms with Crippen molar-refractivity contribution in [1.29, 1.82) is 0 Å². The highest BCUT2D eigenvalue weighted by molar-refractivity contribution is 5.97. The van der Waals surface area contributed by atoms with Crippen LogP contribution < -0.4 is 5.32 Å². The maximum atomic E-state index is 14.3. The number of hydrogen-bond acceptors (Lipinski definition) is 6. The maximum Gasteiger partial charge on any atom is 0.419 e. The largest absolute Gasteiger partial charge is 0.467 e. The fourth-order valence-electron chi connectivity index (χ4n) is 4.51. The van der Waals surface area contributed by atoms with E-state index in [-0.39, 0.29) is 12.8 Å². The Hall–Kier alpha value is -4.01. The van der Waals surface area contributed by atoms with E-state index in [1.165, 1.54) is 23.8 Å². The third-order valence-corrected chi connectivity index (χ3v) is 5.96. The number of esters is 1. The Morgan fingerprint density at radius 1 is 1.16 bits per heavy atom. The summed E-state index contributed by atoms with van der Waals surface area (Å²) in [5, 5.41) is 3.47. The molecule has 0 fully saturated rings. The van der Waals surface area contributed by atoms with E-state index in [1.807, 2.05) is 18.2 Å². The monoisotopic (exact) mass is 507 g/mol. The first-order valence-corrected chi connectivity index (χ1v) is 12.1. The zero-order chi connectivity index (χ0) is 26.7. The van der Waals surface area contributed by atoms with E-state index in [4.69, 9.17) is 9.47 Å². The van der Waals surface area contributed by atoms with Crippen molar-refractivity contribution in [2.75, 3.05) is 7.11 Å². The Morgan fingerprint density at radius 3 is 2.65 bits per heavy atom. The molecule has 1 amide bonds.